The highest BCUT2D eigenvalue weighted by atomic mass is 16.5. The monoisotopic (exact) mass is 360 g/mol. The Hall–Kier alpha value is -3.60. The second kappa shape index (κ2) is 8.67. The Morgan fingerprint density at radius 1 is 1.15 bits per heavy atom. The van der Waals surface area contributed by atoms with E-state index in [0.717, 1.165) is 5.56 Å². The predicted molar refractivity (Wildman–Crippen MR) is 106 cm³/mol. The maximum absolute atomic E-state index is 12.4. The van der Waals surface area contributed by atoms with Crippen LogP contribution in [0.2, 0.25) is 0 Å². The Balaban J connectivity index is 1.65. The number of ether oxygens (including phenoxy) is 2. The van der Waals surface area contributed by atoms with Gasteiger partial charge in [-0.25, -0.2) is 0 Å². The topological polar surface area (TPSA) is 60.5 Å². The molecule has 0 aliphatic heterocycles. The lowest BCUT2D eigenvalue weighted by molar-refractivity contribution is 0.102. The van der Waals surface area contributed by atoms with Gasteiger partial charge in [0.1, 0.15) is 23.9 Å². The minimum atomic E-state index is -0.189. The van der Waals surface area contributed by atoms with E-state index in [2.05, 4.69) is 16.9 Å². The first-order valence-corrected chi connectivity index (χ1v) is 8.49. The quantitative estimate of drug-likeness (QED) is 0.602. The molecule has 0 fully saturated rings. The van der Waals surface area contributed by atoms with E-state index in [1.165, 1.54) is 0 Å². The van der Waals surface area contributed by atoms with Crippen molar-refractivity contribution in [3.63, 3.8) is 0 Å². The number of amides is 1. The predicted octanol–water partition coefficient (Wildman–Crippen LogP) is 5.00. The van der Waals surface area contributed by atoms with Gasteiger partial charge < -0.3 is 14.8 Å². The lowest BCUT2D eigenvalue weighted by Gasteiger charge is -2.11. The van der Waals surface area contributed by atoms with Gasteiger partial charge in [-0.1, -0.05) is 12.7 Å². The third-order valence-corrected chi connectivity index (χ3v) is 3.78. The van der Waals surface area contributed by atoms with Crippen LogP contribution in [0.25, 0.3) is 0 Å². The number of anilines is 1. The molecule has 0 saturated carbocycles. The van der Waals surface area contributed by atoms with Crippen LogP contribution in [-0.2, 0) is 0 Å². The first kappa shape index (κ1) is 18.2. The Labute approximate surface area is 158 Å². The van der Waals surface area contributed by atoms with Crippen LogP contribution >= 0.6 is 0 Å². The van der Waals surface area contributed by atoms with Crippen LogP contribution in [0.15, 0.2) is 79.6 Å². The van der Waals surface area contributed by atoms with E-state index in [4.69, 9.17) is 9.47 Å². The molecule has 0 atom stereocenters. The highest BCUT2D eigenvalue weighted by Crippen LogP contribution is 2.27. The second-order valence-electron chi connectivity index (χ2n) is 5.85. The average molecular weight is 360 g/mol. The number of rotatable bonds is 7. The third kappa shape index (κ3) is 4.95. The van der Waals surface area contributed by atoms with E-state index < -0.39 is 0 Å². The summed E-state index contributed by atoms with van der Waals surface area (Å²) >= 11 is 0. The lowest BCUT2D eigenvalue weighted by atomic mass is 10.1. The zero-order valence-corrected chi connectivity index (χ0v) is 15.0. The van der Waals surface area contributed by atoms with Gasteiger partial charge in [0.2, 0.25) is 0 Å². The van der Waals surface area contributed by atoms with E-state index in [9.17, 15) is 4.79 Å². The summed E-state index contributed by atoms with van der Waals surface area (Å²) in [6, 6.07) is 16.1. The molecule has 1 aromatic heterocycles. The molecule has 2 aromatic carbocycles. The lowest BCUT2D eigenvalue weighted by Crippen LogP contribution is -2.12. The van der Waals surface area contributed by atoms with Gasteiger partial charge in [-0.05, 0) is 67.1 Å². The molecule has 1 N–H and O–H groups in total. The Kier molecular flexibility index (Phi) is 5.84. The summed E-state index contributed by atoms with van der Waals surface area (Å²) in [5.41, 5.74) is 2.15. The number of aryl methyl sites for hydroxylation is 1. The molecule has 136 valence electrons. The number of aromatic nitrogens is 1. The summed E-state index contributed by atoms with van der Waals surface area (Å²) in [7, 11) is 0. The summed E-state index contributed by atoms with van der Waals surface area (Å²) < 4.78 is 11.2. The van der Waals surface area contributed by atoms with Gasteiger partial charge >= 0.3 is 0 Å². The molecule has 3 rings (SSSR count). The van der Waals surface area contributed by atoms with Gasteiger partial charge in [-0.3, -0.25) is 9.78 Å². The number of benzene rings is 2. The first-order chi connectivity index (χ1) is 13.2. The maximum atomic E-state index is 12.4. The van der Waals surface area contributed by atoms with Crippen molar-refractivity contribution in [2.45, 2.75) is 6.92 Å². The molecule has 0 saturated heterocycles. The Morgan fingerprint density at radius 2 is 1.96 bits per heavy atom. The van der Waals surface area contributed by atoms with Gasteiger partial charge in [0.05, 0.1) is 6.20 Å². The normalized spacial score (nSPS) is 10.1. The molecule has 0 radical (unpaired) electrons. The van der Waals surface area contributed by atoms with Crippen molar-refractivity contribution >= 4 is 11.6 Å². The number of pyridine rings is 1. The smallest absolute Gasteiger partial charge is 0.255 e. The fourth-order valence-corrected chi connectivity index (χ4v) is 2.44. The largest absolute Gasteiger partial charge is 0.490 e. The summed E-state index contributed by atoms with van der Waals surface area (Å²) in [5.74, 6) is 1.88. The van der Waals surface area contributed by atoms with Crippen LogP contribution in [0.3, 0.4) is 0 Å². The molecular weight excluding hydrogens is 340 g/mol. The van der Waals surface area contributed by atoms with E-state index >= 15 is 0 Å². The van der Waals surface area contributed by atoms with Crippen molar-refractivity contribution in [3.05, 3.63) is 90.8 Å². The number of carbonyl (C=O) groups excluding carboxylic acids is 1. The van der Waals surface area contributed by atoms with Crippen LogP contribution in [0.5, 0.6) is 17.2 Å². The summed E-state index contributed by atoms with van der Waals surface area (Å²) in [5, 5.41) is 2.89. The zero-order valence-electron chi connectivity index (χ0n) is 15.0. The molecule has 3 aromatic rings. The van der Waals surface area contributed by atoms with Crippen LogP contribution in [0.4, 0.5) is 5.69 Å². The van der Waals surface area contributed by atoms with Gasteiger partial charge in [0.15, 0.2) is 0 Å². The number of carbonyl (C=O) groups is 1. The van der Waals surface area contributed by atoms with E-state index in [-0.39, 0.29) is 5.91 Å². The average Bonchev–Trinajstić information content (AvgIpc) is 2.69. The SMILES string of the molecule is C=CCOc1ccc(C(=O)Nc2ccc(Oc3cccnc3)c(C)c2)cc1. The molecule has 5 nitrogen and oxygen atoms in total. The molecular formula is C22H20N2O3. The third-order valence-electron chi connectivity index (χ3n) is 3.78. The highest BCUT2D eigenvalue weighted by molar-refractivity contribution is 6.04. The van der Waals surface area contributed by atoms with Gasteiger partial charge in [0.25, 0.3) is 5.91 Å². The highest BCUT2D eigenvalue weighted by Gasteiger charge is 2.08. The Bertz CT molecular complexity index is 922. The minimum absolute atomic E-state index is 0.189. The van der Waals surface area contributed by atoms with Crippen molar-refractivity contribution < 1.29 is 14.3 Å². The van der Waals surface area contributed by atoms with Gasteiger partial charge in [-0.15, -0.1) is 0 Å². The molecule has 0 aliphatic rings. The van der Waals surface area contributed by atoms with Crippen LogP contribution in [0.1, 0.15) is 15.9 Å². The summed E-state index contributed by atoms with van der Waals surface area (Å²) in [6.07, 6.45) is 5.01. The number of nitrogens with one attached hydrogen (secondary N) is 1. The van der Waals surface area contributed by atoms with E-state index in [1.54, 1.807) is 48.8 Å². The molecule has 5 heteroatoms. The summed E-state index contributed by atoms with van der Waals surface area (Å²) in [6.45, 7) is 5.96. The molecule has 27 heavy (non-hydrogen) atoms. The first-order valence-electron chi connectivity index (χ1n) is 8.49. The Morgan fingerprint density at radius 3 is 2.63 bits per heavy atom. The van der Waals surface area contributed by atoms with Crippen molar-refractivity contribution in [1.29, 1.82) is 0 Å². The number of nitrogens with zero attached hydrogens (tertiary/aromatic N) is 1. The number of hydrogen-bond acceptors (Lipinski definition) is 4. The molecule has 0 bridgehead atoms. The van der Waals surface area contributed by atoms with Crippen LogP contribution in [0, 0.1) is 6.92 Å². The van der Waals surface area contributed by atoms with Crippen molar-refractivity contribution in [2.24, 2.45) is 0 Å². The minimum Gasteiger partial charge on any atom is -0.490 e. The van der Waals surface area contributed by atoms with Gasteiger partial charge in [-0.2, -0.15) is 0 Å². The van der Waals surface area contributed by atoms with Crippen LogP contribution in [-0.4, -0.2) is 17.5 Å². The fraction of sp³-hybridized carbons (Fsp3) is 0.0909. The molecule has 0 aliphatic carbocycles. The van der Waals surface area contributed by atoms with Crippen molar-refractivity contribution in [1.82, 2.24) is 4.98 Å². The molecule has 1 amide bonds. The van der Waals surface area contributed by atoms with E-state index in [0.29, 0.717) is 35.1 Å². The molecule has 1 heterocycles. The zero-order chi connectivity index (χ0) is 19.1. The second-order valence-corrected chi connectivity index (χ2v) is 5.85. The maximum Gasteiger partial charge on any atom is 0.255 e. The van der Waals surface area contributed by atoms with Crippen molar-refractivity contribution in [3.8, 4) is 17.2 Å². The van der Waals surface area contributed by atoms with E-state index in [1.807, 2.05) is 31.2 Å². The fourth-order valence-electron chi connectivity index (χ4n) is 2.44. The number of hydrogen-bond donors (Lipinski definition) is 1. The van der Waals surface area contributed by atoms with Gasteiger partial charge in [0, 0.05) is 17.4 Å². The van der Waals surface area contributed by atoms with Crippen molar-refractivity contribution in [2.75, 3.05) is 11.9 Å². The molecule has 0 spiro atoms. The van der Waals surface area contributed by atoms with Crippen LogP contribution < -0.4 is 14.8 Å². The summed E-state index contributed by atoms with van der Waals surface area (Å²) in [4.78, 5) is 16.4. The molecule has 0 unspecified atom stereocenters. The standard InChI is InChI=1S/C22H20N2O3/c1-3-13-26-19-9-6-17(7-10-19)22(25)24-18-8-11-21(16(2)14-18)27-20-5-4-12-23-15-20/h3-12,14-15H,1,13H2,2H3,(H,24,25).